The number of halogens is 2. The van der Waals surface area contributed by atoms with E-state index >= 15 is 0 Å². The average Bonchev–Trinajstić information content (AvgIpc) is 3.06. The van der Waals surface area contributed by atoms with Gasteiger partial charge in [-0.25, -0.2) is 9.37 Å². The molecule has 8 heteroatoms. The summed E-state index contributed by atoms with van der Waals surface area (Å²) in [5.41, 5.74) is 5.98. The minimum absolute atomic E-state index is 0.0207. The van der Waals surface area contributed by atoms with Crippen LogP contribution in [-0.2, 0) is 0 Å². The van der Waals surface area contributed by atoms with Gasteiger partial charge in [-0.2, -0.15) is 0 Å². The molecule has 0 radical (unpaired) electrons. The van der Waals surface area contributed by atoms with Gasteiger partial charge in [-0.15, -0.1) is 11.3 Å². The molecule has 126 valence electrons. The molecule has 3 N–H and O–H groups in total. The van der Waals surface area contributed by atoms with Crippen molar-refractivity contribution >= 4 is 40.4 Å². The monoisotopic (exact) mass is 375 g/mol. The normalized spacial score (nSPS) is 10.5. The van der Waals surface area contributed by atoms with E-state index in [2.05, 4.69) is 10.3 Å². The molecule has 0 bridgehead atoms. The fraction of sp³-hybridized carbons (Fsp3) is 0. The predicted octanol–water partition coefficient (Wildman–Crippen LogP) is 3.95. The molecule has 0 aliphatic heterocycles. The first-order valence-electron chi connectivity index (χ1n) is 7.06. The van der Waals surface area contributed by atoms with E-state index in [-0.39, 0.29) is 16.9 Å². The quantitative estimate of drug-likeness (QED) is 0.723. The summed E-state index contributed by atoms with van der Waals surface area (Å²) >= 11 is 7.22. The van der Waals surface area contributed by atoms with Crippen LogP contribution in [0.1, 0.15) is 20.8 Å². The number of nitrogens with one attached hydrogen (secondary N) is 1. The third-order valence-corrected chi connectivity index (χ3v) is 4.44. The number of primary amides is 1. The van der Waals surface area contributed by atoms with Crippen molar-refractivity contribution in [3.8, 4) is 10.6 Å². The highest BCUT2D eigenvalue weighted by Crippen LogP contribution is 2.26. The van der Waals surface area contributed by atoms with Gasteiger partial charge < -0.3 is 11.1 Å². The third kappa shape index (κ3) is 3.84. The van der Waals surface area contributed by atoms with Crippen LogP contribution >= 0.6 is 22.9 Å². The molecule has 25 heavy (non-hydrogen) atoms. The number of thiazole rings is 1. The lowest BCUT2D eigenvalue weighted by Gasteiger charge is -2.05. The molecule has 3 rings (SSSR count). The van der Waals surface area contributed by atoms with Gasteiger partial charge in [0, 0.05) is 21.5 Å². The van der Waals surface area contributed by atoms with E-state index in [0.29, 0.717) is 10.0 Å². The molecule has 0 aliphatic rings. The summed E-state index contributed by atoms with van der Waals surface area (Å²) in [6, 6.07) is 10.7. The van der Waals surface area contributed by atoms with Gasteiger partial charge in [-0.05, 0) is 30.3 Å². The van der Waals surface area contributed by atoms with E-state index in [4.69, 9.17) is 17.3 Å². The van der Waals surface area contributed by atoms with Crippen LogP contribution in [0.4, 0.5) is 10.1 Å². The Bertz CT molecular complexity index is 974. The van der Waals surface area contributed by atoms with Crippen molar-refractivity contribution in [3.63, 3.8) is 0 Å². The zero-order chi connectivity index (χ0) is 18.0. The molecular formula is C17H11ClFN3O2S. The Morgan fingerprint density at radius 3 is 2.68 bits per heavy atom. The standard InChI is InChI=1S/C17H11ClFN3O2S/c18-11-3-1-2-10(6-11)17-22-14(8-25-17)16(24)21-13-5-4-9(15(20)23)7-12(13)19/h1-8H,(H2,20,23)(H,21,24). The van der Waals surface area contributed by atoms with Crippen molar-refractivity contribution in [3.05, 3.63) is 69.9 Å². The summed E-state index contributed by atoms with van der Waals surface area (Å²) in [6.07, 6.45) is 0. The summed E-state index contributed by atoms with van der Waals surface area (Å²) in [5, 5.41) is 5.18. The summed E-state index contributed by atoms with van der Waals surface area (Å²) in [6.45, 7) is 0. The second kappa shape index (κ2) is 7.00. The van der Waals surface area contributed by atoms with Crippen molar-refractivity contribution in [2.24, 2.45) is 5.73 Å². The Labute approximate surface area is 151 Å². The van der Waals surface area contributed by atoms with Crippen molar-refractivity contribution in [1.29, 1.82) is 0 Å². The van der Waals surface area contributed by atoms with Crippen molar-refractivity contribution in [2.75, 3.05) is 5.32 Å². The van der Waals surface area contributed by atoms with Gasteiger partial charge in [0.15, 0.2) is 0 Å². The number of aromatic nitrogens is 1. The number of hydrogen-bond donors (Lipinski definition) is 2. The maximum atomic E-state index is 13.9. The fourth-order valence-corrected chi connectivity index (χ4v) is 3.08. The molecule has 0 unspecified atom stereocenters. The molecule has 0 atom stereocenters. The second-order valence-corrected chi connectivity index (χ2v) is 6.36. The molecule has 0 saturated heterocycles. The van der Waals surface area contributed by atoms with Crippen LogP contribution in [0, 0.1) is 5.82 Å². The number of amides is 2. The summed E-state index contributed by atoms with van der Waals surface area (Å²) in [4.78, 5) is 27.5. The van der Waals surface area contributed by atoms with Gasteiger partial charge in [-0.1, -0.05) is 23.7 Å². The lowest BCUT2D eigenvalue weighted by Crippen LogP contribution is -2.15. The first-order valence-corrected chi connectivity index (χ1v) is 8.32. The maximum Gasteiger partial charge on any atom is 0.275 e. The van der Waals surface area contributed by atoms with Gasteiger partial charge in [0.25, 0.3) is 5.91 Å². The highest BCUT2D eigenvalue weighted by atomic mass is 35.5. The highest BCUT2D eigenvalue weighted by Gasteiger charge is 2.15. The van der Waals surface area contributed by atoms with Gasteiger partial charge >= 0.3 is 0 Å². The van der Waals surface area contributed by atoms with Crippen LogP contribution in [0.3, 0.4) is 0 Å². The van der Waals surface area contributed by atoms with Crippen LogP contribution < -0.4 is 11.1 Å². The minimum Gasteiger partial charge on any atom is -0.366 e. The van der Waals surface area contributed by atoms with Crippen molar-refractivity contribution < 1.29 is 14.0 Å². The largest absolute Gasteiger partial charge is 0.366 e. The Morgan fingerprint density at radius 2 is 2.00 bits per heavy atom. The van der Waals surface area contributed by atoms with E-state index in [9.17, 15) is 14.0 Å². The Kier molecular flexibility index (Phi) is 4.78. The molecule has 0 spiro atoms. The van der Waals surface area contributed by atoms with Crippen LogP contribution in [0.5, 0.6) is 0 Å². The molecule has 2 aromatic carbocycles. The van der Waals surface area contributed by atoms with Gasteiger partial charge in [0.1, 0.15) is 16.5 Å². The zero-order valence-electron chi connectivity index (χ0n) is 12.6. The molecular weight excluding hydrogens is 365 g/mol. The summed E-state index contributed by atoms with van der Waals surface area (Å²) < 4.78 is 13.9. The number of rotatable bonds is 4. The Hall–Kier alpha value is -2.77. The molecule has 3 aromatic rings. The summed E-state index contributed by atoms with van der Waals surface area (Å²) in [7, 11) is 0. The van der Waals surface area contributed by atoms with Crippen LogP contribution in [0.2, 0.25) is 5.02 Å². The van der Waals surface area contributed by atoms with Crippen molar-refractivity contribution in [1.82, 2.24) is 4.98 Å². The Balaban J connectivity index is 1.79. The van der Waals surface area contributed by atoms with E-state index in [1.165, 1.54) is 23.5 Å². The topological polar surface area (TPSA) is 85.1 Å². The van der Waals surface area contributed by atoms with E-state index in [0.717, 1.165) is 11.6 Å². The number of carbonyl (C=O) groups is 2. The average molecular weight is 376 g/mol. The first-order chi connectivity index (χ1) is 11.9. The number of nitrogens with two attached hydrogens (primary N) is 1. The number of carbonyl (C=O) groups excluding carboxylic acids is 2. The molecule has 5 nitrogen and oxygen atoms in total. The zero-order valence-corrected chi connectivity index (χ0v) is 14.2. The molecule has 0 aliphatic carbocycles. The SMILES string of the molecule is NC(=O)c1ccc(NC(=O)c2csc(-c3cccc(Cl)c3)n2)c(F)c1. The summed E-state index contributed by atoms with van der Waals surface area (Å²) in [5.74, 6) is -2.06. The highest BCUT2D eigenvalue weighted by molar-refractivity contribution is 7.13. The third-order valence-electron chi connectivity index (χ3n) is 3.31. The van der Waals surface area contributed by atoms with E-state index in [1.807, 2.05) is 6.07 Å². The number of nitrogens with zero attached hydrogens (tertiary/aromatic N) is 1. The van der Waals surface area contributed by atoms with Gasteiger partial charge in [0.2, 0.25) is 5.91 Å². The second-order valence-electron chi connectivity index (χ2n) is 5.06. The molecule has 0 fully saturated rings. The Morgan fingerprint density at radius 1 is 1.20 bits per heavy atom. The number of hydrogen-bond acceptors (Lipinski definition) is 4. The van der Waals surface area contributed by atoms with Crippen molar-refractivity contribution in [2.45, 2.75) is 0 Å². The molecule has 1 heterocycles. The lowest BCUT2D eigenvalue weighted by molar-refractivity contribution is 0.0997. The number of benzene rings is 2. The smallest absolute Gasteiger partial charge is 0.275 e. The molecule has 0 saturated carbocycles. The maximum absolute atomic E-state index is 13.9. The van der Waals surface area contributed by atoms with Gasteiger partial charge in [0.05, 0.1) is 5.69 Å². The van der Waals surface area contributed by atoms with Crippen LogP contribution in [0.15, 0.2) is 47.8 Å². The van der Waals surface area contributed by atoms with E-state index in [1.54, 1.807) is 23.6 Å². The van der Waals surface area contributed by atoms with Crippen LogP contribution in [0.25, 0.3) is 10.6 Å². The number of anilines is 1. The molecule has 1 aromatic heterocycles. The predicted molar refractivity (Wildman–Crippen MR) is 95.4 cm³/mol. The molecule has 2 amide bonds. The van der Waals surface area contributed by atoms with Gasteiger partial charge in [-0.3, -0.25) is 9.59 Å². The lowest BCUT2D eigenvalue weighted by atomic mass is 10.2. The van der Waals surface area contributed by atoms with E-state index < -0.39 is 17.6 Å². The minimum atomic E-state index is -0.755. The first kappa shape index (κ1) is 17.1. The fourth-order valence-electron chi connectivity index (χ4n) is 2.09. The van der Waals surface area contributed by atoms with Crippen LogP contribution in [-0.4, -0.2) is 16.8 Å².